The van der Waals surface area contributed by atoms with E-state index < -0.39 is 11.7 Å². The second-order valence-corrected chi connectivity index (χ2v) is 12.1. The molecular formula is C34H43FN6O5. The Morgan fingerprint density at radius 1 is 1.00 bits per heavy atom. The normalized spacial score (nSPS) is 19.5. The first-order valence-corrected chi connectivity index (χ1v) is 16.1. The number of hydrogen-bond donors (Lipinski definition) is 1. The van der Waals surface area contributed by atoms with Crippen LogP contribution in [0.2, 0.25) is 0 Å². The van der Waals surface area contributed by atoms with Crippen molar-refractivity contribution in [2.45, 2.75) is 51.2 Å². The van der Waals surface area contributed by atoms with E-state index in [2.05, 4.69) is 21.7 Å². The molecular weight excluding hydrogens is 591 g/mol. The van der Waals surface area contributed by atoms with Crippen LogP contribution < -0.4 is 16.0 Å². The Morgan fingerprint density at radius 2 is 1.65 bits per heavy atom. The number of rotatable bonds is 9. The number of halogens is 1. The third-order valence-corrected chi connectivity index (χ3v) is 9.17. The highest BCUT2D eigenvalue weighted by Crippen LogP contribution is 2.21. The SMILES string of the molecule is C=C/C=c1/c(Cc2ccc(F)c(C(=O)N3CCN(C(=O)CN4CCC(OC5CCN(C=O)CC5)CC4)CC3)c2)n[nH]c(=O)/c1=C/C. The number of H-pyrrole nitrogens is 1. The van der Waals surface area contributed by atoms with Crippen LogP contribution in [0.15, 0.2) is 35.6 Å². The third-order valence-electron chi connectivity index (χ3n) is 9.17. The van der Waals surface area contributed by atoms with Gasteiger partial charge in [0.2, 0.25) is 12.3 Å². The van der Waals surface area contributed by atoms with Crippen molar-refractivity contribution in [3.8, 4) is 0 Å². The maximum atomic E-state index is 14.9. The molecule has 0 bridgehead atoms. The number of benzene rings is 1. The van der Waals surface area contributed by atoms with Gasteiger partial charge in [-0.3, -0.25) is 24.1 Å². The van der Waals surface area contributed by atoms with Gasteiger partial charge in [-0.1, -0.05) is 30.9 Å². The monoisotopic (exact) mass is 634 g/mol. The average Bonchev–Trinajstić information content (AvgIpc) is 3.08. The number of amides is 3. The molecule has 4 heterocycles. The molecule has 1 aromatic carbocycles. The number of nitrogens with one attached hydrogen (secondary N) is 1. The molecule has 3 saturated heterocycles. The van der Waals surface area contributed by atoms with Gasteiger partial charge in [0.1, 0.15) is 5.82 Å². The number of aromatic amines is 1. The first-order valence-electron chi connectivity index (χ1n) is 16.1. The smallest absolute Gasteiger partial charge is 0.271 e. The fraction of sp³-hybridized carbons (Fsp3) is 0.500. The number of carbonyl (C=O) groups excluding carboxylic acids is 3. The van der Waals surface area contributed by atoms with Crippen LogP contribution in [0.4, 0.5) is 4.39 Å². The molecule has 0 radical (unpaired) electrons. The summed E-state index contributed by atoms with van der Waals surface area (Å²) in [6.45, 7) is 10.3. The number of aromatic nitrogens is 2. The van der Waals surface area contributed by atoms with Crippen LogP contribution in [0, 0.1) is 5.82 Å². The molecule has 246 valence electrons. The van der Waals surface area contributed by atoms with E-state index in [0.717, 1.165) is 58.3 Å². The van der Waals surface area contributed by atoms with Crippen molar-refractivity contribution < 1.29 is 23.5 Å². The fourth-order valence-corrected chi connectivity index (χ4v) is 6.49. The Kier molecular flexibility index (Phi) is 11.1. The van der Waals surface area contributed by atoms with E-state index in [1.54, 1.807) is 45.9 Å². The van der Waals surface area contributed by atoms with Gasteiger partial charge < -0.3 is 19.4 Å². The lowest BCUT2D eigenvalue weighted by Crippen LogP contribution is -2.53. The molecule has 3 aliphatic rings. The maximum absolute atomic E-state index is 14.9. The minimum absolute atomic E-state index is 0.0300. The van der Waals surface area contributed by atoms with Crippen molar-refractivity contribution in [3.63, 3.8) is 0 Å². The van der Waals surface area contributed by atoms with Gasteiger partial charge in [-0.05, 0) is 50.3 Å². The number of ether oxygens (including phenoxy) is 1. The molecule has 3 aliphatic heterocycles. The van der Waals surface area contributed by atoms with Crippen LogP contribution >= 0.6 is 0 Å². The number of hydrogen-bond acceptors (Lipinski definition) is 7. The molecule has 3 fully saturated rings. The summed E-state index contributed by atoms with van der Waals surface area (Å²) < 4.78 is 21.2. The summed E-state index contributed by atoms with van der Waals surface area (Å²) in [7, 11) is 0. The largest absolute Gasteiger partial charge is 0.375 e. The Bertz CT molecular complexity index is 1600. The molecule has 0 spiro atoms. The molecule has 0 saturated carbocycles. The molecule has 0 atom stereocenters. The predicted molar refractivity (Wildman–Crippen MR) is 172 cm³/mol. The topological polar surface area (TPSA) is 119 Å². The van der Waals surface area contributed by atoms with Gasteiger partial charge in [0.25, 0.3) is 11.5 Å². The number of carbonyl (C=O) groups is 3. The molecule has 1 aromatic heterocycles. The van der Waals surface area contributed by atoms with Gasteiger partial charge in [0, 0.05) is 69.2 Å². The third kappa shape index (κ3) is 7.97. The second kappa shape index (κ2) is 15.4. The summed E-state index contributed by atoms with van der Waals surface area (Å²) in [5.41, 5.74) is 0.915. The molecule has 5 rings (SSSR count). The average molecular weight is 635 g/mol. The van der Waals surface area contributed by atoms with Crippen LogP contribution in [0.3, 0.4) is 0 Å². The van der Waals surface area contributed by atoms with Crippen molar-refractivity contribution in [2.24, 2.45) is 0 Å². The summed E-state index contributed by atoms with van der Waals surface area (Å²) in [5.74, 6) is -0.994. The van der Waals surface area contributed by atoms with Gasteiger partial charge in [0.05, 0.1) is 30.0 Å². The number of piperazine rings is 1. The van der Waals surface area contributed by atoms with E-state index >= 15 is 0 Å². The van der Waals surface area contributed by atoms with Gasteiger partial charge in [-0.25, -0.2) is 9.49 Å². The summed E-state index contributed by atoms with van der Waals surface area (Å²) >= 11 is 0. The Hall–Kier alpha value is -4.16. The minimum atomic E-state index is -0.610. The Balaban J connectivity index is 1.11. The summed E-state index contributed by atoms with van der Waals surface area (Å²) in [4.78, 5) is 57.0. The highest BCUT2D eigenvalue weighted by atomic mass is 19.1. The maximum Gasteiger partial charge on any atom is 0.271 e. The lowest BCUT2D eigenvalue weighted by molar-refractivity contribution is -0.135. The Labute approximate surface area is 268 Å². The molecule has 0 unspecified atom stereocenters. The summed E-state index contributed by atoms with van der Waals surface area (Å²) in [5, 5.41) is 7.81. The zero-order chi connectivity index (χ0) is 32.6. The quantitative estimate of drug-likeness (QED) is 0.403. The van der Waals surface area contributed by atoms with Crippen molar-refractivity contribution in [3.05, 3.63) is 74.3 Å². The molecule has 0 aliphatic carbocycles. The molecule has 1 N–H and O–H groups in total. The second-order valence-electron chi connectivity index (χ2n) is 12.1. The van der Waals surface area contributed by atoms with Crippen LogP contribution in [0.1, 0.15) is 54.2 Å². The lowest BCUT2D eigenvalue weighted by atomic mass is 10.0. The molecule has 46 heavy (non-hydrogen) atoms. The van der Waals surface area contributed by atoms with E-state index in [1.165, 1.54) is 12.1 Å². The fourth-order valence-electron chi connectivity index (χ4n) is 6.49. The van der Waals surface area contributed by atoms with E-state index in [0.29, 0.717) is 54.4 Å². The first kappa shape index (κ1) is 33.2. The Morgan fingerprint density at radius 3 is 2.28 bits per heavy atom. The van der Waals surface area contributed by atoms with Crippen LogP contribution in [0.25, 0.3) is 12.2 Å². The van der Waals surface area contributed by atoms with Crippen LogP contribution in [-0.4, -0.2) is 119 Å². The molecule has 11 nitrogen and oxygen atoms in total. The highest BCUT2D eigenvalue weighted by Gasteiger charge is 2.30. The summed E-state index contributed by atoms with van der Waals surface area (Å²) in [6.07, 6.45) is 10.0. The van der Waals surface area contributed by atoms with E-state index in [1.807, 2.05) is 0 Å². The van der Waals surface area contributed by atoms with Crippen LogP contribution in [0.5, 0.6) is 0 Å². The summed E-state index contributed by atoms with van der Waals surface area (Å²) in [6, 6.07) is 4.43. The van der Waals surface area contributed by atoms with Crippen molar-refractivity contribution >= 4 is 30.4 Å². The zero-order valence-electron chi connectivity index (χ0n) is 26.5. The van der Waals surface area contributed by atoms with Crippen molar-refractivity contribution in [1.82, 2.24) is 29.8 Å². The van der Waals surface area contributed by atoms with Gasteiger partial charge in [-0.2, -0.15) is 5.10 Å². The zero-order valence-corrected chi connectivity index (χ0v) is 26.5. The molecule has 3 amide bonds. The van der Waals surface area contributed by atoms with Gasteiger partial charge in [-0.15, -0.1) is 0 Å². The first-order chi connectivity index (χ1) is 22.3. The van der Waals surface area contributed by atoms with E-state index in [4.69, 9.17) is 4.74 Å². The van der Waals surface area contributed by atoms with Gasteiger partial charge in [0.15, 0.2) is 0 Å². The number of allylic oxidation sites excluding steroid dienone is 1. The predicted octanol–water partition coefficient (Wildman–Crippen LogP) is 0.653. The van der Waals surface area contributed by atoms with Crippen molar-refractivity contribution in [1.29, 1.82) is 0 Å². The van der Waals surface area contributed by atoms with E-state index in [-0.39, 0.29) is 35.7 Å². The van der Waals surface area contributed by atoms with Gasteiger partial charge >= 0.3 is 0 Å². The van der Waals surface area contributed by atoms with Crippen molar-refractivity contribution in [2.75, 3.05) is 58.9 Å². The number of likely N-dealkylation sites (tertiary alicyclic amines) is 2. The minimum Gasteiger partial charge on any atom is -0.375 e. The van der Waals surface area contributed by atoms with E-state index in [9.17, 15) is 23.6 Å². The highest BCUT2D eigenvalue weighted by molar-refractivity contribution is 5.95. The molecule has 12 heteroatoms. The lowest BCUT2D eigenvalue weighted by Gasteiger charge is -2.38. The standard InChI is InChI=1S/C34H43FN6O5/c1-3-5-28-27(4-2)33(44)37-36-31(28)21-24-6-7-30(35)29(20-24)34(45)41-18-16-40(17-19-41)32(43)22-38-12-8-25(9-13-38)46-26-10-14-39(23-42)15-11-26/h3-7,20,23,25-26H,1,8-19,21-22H2,2H3,(H,37,44)/b27-4+,28-5+. The number of nitrogens with zero attached hydrogens (tertiary/aromatic N) is 5. The molecule has 2 aromatic rings. The number of piperidine rings is 2. The van der Waals surface area contributed by atoms with Crippen LogP contribution in [-0.2, 0) is 20.7 Å².